The summed E-state index contributed by atoms with van der Waals surface area (Å²) in [5.41, 5.74) is 0.428. The number of rotatable bonds is 1. The van der Waals surface area contributed by atoms with Crippen molar-refractivity contribution < 1.29 is 4.39 Å². The van der Waals surface area contributed by atoms with Crippen molar-refractivity contribution in [2.45, 2.75) is 0 Å². The molecule has 0 saturated heterocycles. The molecule has 0 atom stereocenters. The van der Waals surface area contributed by atoms with Crippen LogP contribution in [0.15, 0.2) is 24.3 Å². The van der Waals surface area contributed by atoms with Crippen molar-refractivity contribution in [2.75, 3.05) is 5.32 Å². The molecule has 0 spiro atoms. The average Bonchev–Trinajstić information content (AvgIpc) is 1.89. The normalized spacial score (nSPS) is 9.11. The van der Waals surface area contributed by atoms with Crippen LogP contribution in [0.5, 0.6) is 0 Å². The van der Waals surface area contributed by atoms with Gasteiger partial charge < -0.3 is 5.32 Å². The van der Waals surface area contributed by atoms with Crippen molar-refractivity contribution in [3.8, 4) is 0 Å². The third-order valence-electron chi connectivity index (χ3n) is 1.06. The third kappa shape index (κ3) is 1.19. The monoisotopic (exact) mass is 124 g/mol. The summed E-state index contributed by atoms with van der Waals surface area (Å²) in [6, 6.07) is 6.39. The molecule has 1 aromatic carbocycles. The molecule has 0 aromatic heterocycles. The summed E-state index contributed by atoms with van der Waals surface area (Å²) in [5, 5.41) is 2.47. The van der Waals surface area contributed by atoms with Crippen LogP contribution < -0.4 is 5.32 Å². The van der Waals surface area contributed by atoms with E-state index in [-0.39, 0.29) is 5.82 Å². The van der Waals surface area contributed by atoms with E-state index in [2.05, 4.69) is 12.4 Å². The van der Waals surface area contributed by atoms with Gasteiger partial charge in [-0.2, -0.15) is 0 Å². The predicted octanol–water partition coefficient (Wildman–Crippen LogP) is 2.03. The predicted molar refractivity (Wildman–Crippen MR) is 35.4 cm³/mol. The summed E-state index contributed by atoms with van der Waals surface area (Å²) in [6.07, 6.45) is 0. The Labute approximate surface area is 53.5 Å². The number of para-hydroxylation sites is 1. The highest BCUT2D eigenvalue weighted by atomic mass is 19.1. The lowest BCUT2D eigenvalue weighted by molar-refractivity contribution is 0.632. The van der Waals surface area contributed by atoms with E-state index in [0.717, 1.165) is 0 Å². The molecule has 0 bridgehead atoms. The first-order valence-electron chi connectivity index (χ1n) is 2.62. The van der Waals surface area contributed by atoms with E-state index < -0.39 is 0 Å². The zero-order chi connectivity index (χ0) is 6.69. The number of nitrogens with one attached hydrogen (secondary N) is 1. The first kappa shape index (κ1) is 6.08. The molecule has 0 aliphatic rings. The summed E-state index contributed by atoms with van der Waals surface area (Å²) in [6.45, 7) is 0. The minimum Gasteiger partial charge on any atom is -0.381 e. The minimum absolute atomic E-state index is 0.271. The highest BCUT2D eigenvalue weighted by Crippen LogP contribution is 2.10. The van der Waals surface area contributed by atoms with Gasteiger partial charge in [-0.25, -0.2) is 4.39 Å². The van der Waals surface area contributed by atoms with Crippen LogP contribution >= 0.6 is 0 Å². The first-order valence-corrected chi connectivity index (χ1v) is 2.62. The van der Waals surface area contributed by atoms with E-state index in [1.165, 1.54) is 6.07 Å². The molecular formula is C7H7FN. The lowest BCUT2D eigenvalue weighted by atomic mass is 10.3. The van der Waals surface area contributed by atoms with Gasteiger partial charge in [-0.3, -0.25) is 0 Å². The standard InChI is InChI=1S/C7H7FN/c1-9-7-5-3-2-4-6(7)8/h2-5,9H,1H2. The van der Waals surface area contributed by atoms with Crippen LogP contribution in [0.25, 0.3) is 0 Å². The quantitative estimate of drug-likeness (QED) is 0.604. The molecule has 0 aliphatic heterocycles. The summed E-state index contributed by atoms with van der Waals surface area (Å²) in [5.74, 6) is -0.271. The number of hydrogen-bond acceptors (Lipinski definition) is 1. The summed E-state index contributed by atoms with van der Waals surface area (Å²) < 4.78 is 12.5. The fourth-order valence-electron chi connectivity index (χ4n) is 0.605. The maximum Gasteiger partial charge on any atom is 0.146 e. The van der Waals surface area contributed by atoms with Gasteiger partial charge >= 0.3 is 0 Å². The van der Waals surface area contributed by atoms with E-state index in [9.17, 15) is 4.39 Å². The van der Waals surface area contributed by atoms with Gasteiger partial charge in [0, 0.05) is 7.05 Å². The zero-order valence-electron chi connectivity index (χ0n) is 4.89. The van der Waals surface area contributed by atoms with Crippen LogP contribution in [0.4, 0.5) is 10.1 Å². The number of hydrogen-bond donors (Lipinski definition) is 1. The topological polar surface area (TPSA) is 12.0 Å². The van der Waals surface area contributed by atoms with Crippen LogP contribution in [0.2, 0.25) is 0 Å². The van der Waals surface area contributed by atoms with Crippen molar-refractivity contribution >= 4 is 5.69 Å². The van der Waals surface area contributed by atoms with E-state index in [1.54, 1.807) is 18.2 Å². The first-order chi connectivity index (χ1) is 4.34. The van der Waals surface area contributed by atoms with E-state index in [4.69, 9.17) is 0 Å². The van der Waals surface area contributed by atoms with Crippen molar-refractivity contribution in [2.24, 2.45) is 0 Å². The Morgan fingerprint density at radius 3 is 2.44 bits per heavy atom. The van der Waals surface area contributed by atoms with Crippen molar-refractivity contribution in [3.63, 3.8) is 0 Å². The van der Waals surface area contributed by atoms with Gasteiger partial charge in [0.25, 0.3) is 0 Å². The Hall–Kier alpha value is -1.05. The third-order valence-corrected chi connectivity index (χ3v) is 1.06. The van der Waals surface area contributed by atoms with Crippen LogP contribution in [0.3, 0.4) is 0 Å². The lowest BCUT2D eigenvalue weighted by Gasteiger charge is -1.97. The maximum absolute atomic E-state index is 12.5. The second-order valence-electron chi connectivity index (χ2n) is 1.66. The zero-order valence-corrected chi connectivity index (χ0v) is 4.89. The Morgan fingerprint density at radius 1 is 1.33 bits per heavy atom. The molecule has 0 heterocycles. The highest BCUT2D eigenvalue weighted by Gasteiger charge is 1.93. The molecule has 47 valence electrons. The molecule has 1 nitrogen and oxygen atoms in total. The fraction of sp³-hybridized carbons (Fsp3) is 0. The van der Waals surface area contributed by atoms with Gasteiger partial charge in [-0.1, -0.05) is 12.1 Å². The summed E-state index contributed by atoms with van der Waals surface area (Å²) in [4.78, 5) is 0. The Kier molecular flexibility index (Phi) is 1.68. The fourth-order valence-corrected chi connectivity index (χ4v) is 0.605. The molecule has 1 rings (SSSR count). The Bertz CT molecular complexity index is 198. The van der Waals surface area contributed by atoms with Gasteiger partial charge in [-0.05, 0) is 12.1 Å². The number of anilines is 1. The molecule has 0 amide bonds. The molecule has 2 heteroatoms. The van der Waals surface area contributed by atoms with Crippen LogP contribution in [0, 0.1) is 12.9 Å². The van der Waals surface area contributed by atoms with Crippen molar-refractivity contribution in [1.82, 2.24) is 0 Å². The Balaban J connectivity index is 3.01. The smallest absolute Gasteiger partial charge is 0.146 e. The van der Waals surface area contributed by atoms with E-state index >= 15 is 0 Å². The molecule has 1 N–H and O–H groups in total. The Morgan fingerprint density at radius 2 is 2.00 bits per heavy atom. The van der Waals surface area contributed by atoms with Gasteiger partial charge in [-0.15, -0.1) is 0 Å². The van der Waals surface area contributed by atoms with Gasteiger partial charge in [0.15, 0.2) is 0 Å². The molecular weight excluding hydrogens is 117 g/mol. The molecule has 1 aromatic rings. The van der Waals surface area contributed by atoms with E-state index in [0.29, 0.717) is 5.69 Å². The summed E-state index contributed by atoms with van der Waals surface area (Å²) >= 11 is 0. The van der Waals surface area contributed by atoms with Gasteiger partial charge in [0.05, 0.1) is 5.69 Å². The molecule has 9 heavy (non-hydrogen) atoms. The number of benzene rings is 1. The second-order valence-corrected chi connectivity index (χ2v) is 1.66. The lowest BCUT2D eigenvalue weighted by Crippen LogP contribution is -1.87. The van der Waals surface area contributed by atoms with Crippen molar-refractivity contribution in [3.05, 3.63) is 37.1 Å². The van der Waals surface area contributed by atoms with Crippen molar-refractivity contribution in [1.29, 1.82) is 0 Å². The molecule has 0 saturated carbocycles. The molecule has 0 unspecified atom stereocenters. The SMILES string of the molecule is [CH2]Nc1ccccc1F. The average molecular weight is 124 g/mol. The molecule has 0 fully saturated rings. The largest absolute Gasteiger partial charge is 0.381 e. The number of halogens is 1. The maximum atomic E-state index is 12.5. The van der Waals surface area contributed by atoms with Gasteiger partial charge in [0.2, 0.25) is 0 Å². The minimum atomic E-state index is -0.271. The second kappa shape index (κ2) is 2.49. The molecule has 1 radical (unpaired) electrons. The van der Waals surface area contributed by atoms with Crippen LogP contribution in [0.1, 0.15) is 0 Å². The van der Waals surface area contributed by atoms with Crippen LogP contribution in [-0.2, 0) is 0 Å². The van der Waals surface area contributed by atoms with E-state index in [1.807, 2.05) is 0 Å². The molecule has 0 aliphatic carbocycles. The highest BCUT2D eigenvalue weighted by molar-refractivity contribution is 5.44. The van der Waals surface area contributed by atoms with Gasteiger partial charge in [0.1, 0.15) is 5.82 Å². The summed E-state index contributed by atoms with van der Waals surface area (Å²) in [7, 11) is 3.33. The van der Waals surface area contributed by atoms with Crippen LogP contribution in [-0.4, -0.2) is 0 Å².